The van der Waals surface area contributed by atoms with E-state index in [0.717, 1.165) is 29.1 Å². The van der Waals surface area contributed by atoms with Gasteiger partial charge in [0.15, 0.2) is 0 Å². The molecule has 0 aromatic carbocycles. The zero-order valence-corrected chi connectivity index (χ0v) is 11.0. The number of fused-ring (bicyclic) bond motifs is 2. The maximum absolute atomic E-state index is 9.32. The third-order valence-corrected chi connectivity index (χ3v) is 4.86. The quantitative estimate of drug-likeness (QED) is 0.858. The molecule has 4 atom stereocenters. The lowest BCUT2D eigenvalue weighted by Gasteiger charge is -2.29. The molecule has 0 spiro atoms. The van der Waals surface area contributed by atoms with Crippen LogP contribution in [0.1, 0.15) is 38.2 Å². The number of aliphatic hydroxyl groups excluding tert-OH is 1. The van der Waals surface area contributed by atoms with Gasteiger partial charge in [-0.05, 0) is 50.0 Å². The number of rotatable bonds is 4. The van der Waals surface area contributed by atoms with E-state index in [0.29, 0.717) is 6.04 Å². The predicted molar refractivity (Wildman–Crippen MR) is 72.2 cm³/mol. The summed E-state index contributed by atoms with van der Waals surface area (Å²) in [6.07, 6.45) is 7.46. The molecule has 98 valence electrons. The normalized spacial score (nSPS) is 31.6. The van der Waals surface area contributed by atoms with Crippen LogP contribution in [0.4, 0.5) is 5.82 Å². The molecule has 2 saturated carbocycles. The van der Waals surface area contributed by atoms with Crippen molar-refractivity contribution >= 4 is 5.82 Å². The Morgan fingerprint density at radius 1 is 1.44 bits per heavy atom. The highest BCUT2D eigenvalue weighted by molar-refractivity contribution is 5.44. The van der Waals surface area contributed by atoms with Gasteiger partial charge in [0.2, 0.25) is 0 Å². The summed E-state index contributed by atoms with van der Waals surface area (Å²) >= 11 is 0. The van der Waals surface area contributed by atoms with Crippen molar-refractivity contribution in [2.24, 2.45) is 17.8 Å². The molecule has 2 bridgehead atoms. The van der Waals surface area contributed by atoms with Crippen molar-refractivity contribution in [3.05, 3.63) is 23.9 Å². The van der Waals surface area contributed by atoms with Crippen LogP contribution >= 0.6 is 0 Å². The molecule has 1 aromatic heterocycles. The van der Waals surface area contributed by atoms with Crippen LogP contribution in [0.15, 0.2) is 18.3 Å². The summed E-state index contributed by atoms with van der Waals surface area (Å²) in [7, 11) is 0. The van der Waals surface area contributed by atoms with Crippen LogP contribution in [-0.4, -0.2) is 16.1 Å². The molecule has 2 aliphatic carbocycles. The maximum atomic E-state index is 9.32. The largest absolute Gasteiger partial charge is 0.392 e. The molecule has 0 radical (unpaired) electrons. The zero-order chi connectivity index (χ0) is 12.5. The minimum absolute atomic E-state index is 0.0552. The summed E-state index contributed by atoms with van der Waals surface area (Å²) in [6.45, 7) is 2.32. The lowest BCUT2D eigenvalue weighted by molar-refractivity contribution is 0.280. The Hall–Kier alpha value is -1.09. The van der Waals surface area contributed by atoms with Gasteiger partial charge < -0.3 is 10.4 Å². The first-order chi connectivity index (χ1) is 8.78. The number of nitrogens with one attached hydrogen (secondary N) is 1. The van der Waals surface area contributed by atoms with E-state index in [4.69, 9.17) is 0 Å². The lowest BCUT2D eigenvalue weighted by Crippen LogP contribution is -2.30. The predicted octanol–water partition coefficient (Wildman–Crippen LogP) is 2.81. The van der Waals surface area contributed by atoms with Crippen molar-refractivity contribution in [3.8, 4) is 0 Å². The Morgan fingerprint density at radius 3 is 3.00 bits per heavy atom. The Balaban J connectivity index is 1.69. The van der Waals surface area contributed by atoms with Crippen molar-refractivity contribution in [2.45, 2.75) is 45.3 Å². The molecule has 1 aromatic rings. The van der Waals surface area contributed by atoms with E-state index < -0.39 is 0 Å². The van der Waals surface area contributed by atoms with Gasteiger partial charge in [-0.15, -0.1) is 0 Å². The van der Waals surface area contributed by atoms with E-state index in [9.17, 15) is 5.11 Å². The van der Waals surface area contributed by atoms with E-state index in [1.165, 1.54) is 25.7 Å². The molecule has 3 nitrogen and oxygen atoms in total. The molecule has 3 rings (SSSR count). The Labute approximate surface area is 109 Å². The molecule has 2 aliphatic rings. The smallest absolute Gasteiger partial charge is 0.131 e. The lowest BCUT2D eigenvalue weighted by atomic mass is 9.84. The van der Waals surface area contributed by atoms with Crippen LogP contribution in [0.3, 0.4) is 0 Å². The minimum atomic E-state index is 0.0552. The molecule has 18 heavy (non-hydrogen) atoms. The topological polar surface area (TPSA) is 45.2 Å². The average Bonchev–Trinajstić information content (AvgIpc) is 3.01. The number of pyridine rings is 1. The summed E-state index contributed by atoms with van der Waals surface area (Å²) in [4.78, 5) is 4.35. The third kappa shape index (κ3) is 2.12. The molecule has 2 fully saturated rings. The third-order valence-electron chi connectivity index (χ3n) is 4.86. The van der Waals surface area contributed by atoms with Gasteiger partial charge in [-0.1, -0.05) is 12.5 Å². The highest BCUT2D eigenvalue weighted by atomic mass is 16.3. The second-order valence-electron chi connectivity index (χ2n) is 5.94. The summed E-state index contributed by atoms with van der Waals surface area (Å²) in [5, 5.41) is 12.8. The van der Waals surface area contributed by atoms with Crippen LogP contribution in [0.5, 0.6) is 0 Å². The minimum Gasteiger partial charge on any atom is -0.392 e. The first-order valence-corrected chi connectivity index (χ1v) is 7.09. The Kier molecular flexibility index (Phi) is 3.25. The van der Waals surface area contributed by atoms with Crippen molar-refractivity contribution in [1.29, 1.82) is 0 Å². The van der Waals surface area contributed by atoms with Crippen molar-refractivity contribution in [1.82, 2.24) is 4.98 Å². The van der Waals surface area contributed by atoms with E-state index in [-0.39, 0.29) is 6.61 Å². The van der Waals surface area contributed by atoms with Crippen LogP contribution in [0, 0.1) is 17.8 Å². The molecule has 0 aliphatic heterocycles. The summed E-state index contributed by atoms with van der Waals surface area (Å²) in [5.41, 5.74) is 0.896. The molecule has 1 heterocycles. The van der Waals surface area contributed by atoms with Gasteiger partial charge in [0.25, 0.3) is 0 Å². The average molecular weight is 246 g/mol. The van der Waals surface area contributed by atoms with Crippen LogP contribution in [0.2, 0.25) is 0 Å². The van der Waals surface area contributed by atoms with Gasteiger partial charge in [-0.2, -0.15) is 0 Å². The fraction of sp³-hybridized carbons (Fsp3) is 0.667. The number of hydrogen-bond acceptors (Lipinski definition) is 3. The molecular weight excluding hydrogens is 224 g/mol. The first-order valence-electron chi connectivity index (χ1n) is 7.09. The van der Waals surface area contributed by atoms with E-state index >= 15 is 0 Å². The highest BCUT2D eigenvalue weighted by Crippen LogP contribution is 2.49. The van der Waals surface area contributed by atoms with Crippen molar-refractivity contribution in [3.63, 3.8) is 0 Å². The van der Waals surface area contributed by atoms with Gasteiger partial charge in [-0.3, -0.25) is 0 Å². The monoisotopic (exact) mass is 246 g/mol. The SMILES string of the molecule is CC(Nc1ncccc1CO)C1CC2CCC1C2. The van der Waals surface area contributed by atoms with E-state index in [2.05, 4.69) is 17.2 Å². The van der Waals surface area contributed by atoms with E-state index in [1.54, 1.807) is 6.20 Å². The fourth-order valence-electron chi connectivity index (χ4n) is 3.93. The molecule has 0 amide bonds. The van der Waals surface area contributed by atoms with Crippen LogP contribution in [0.25, 0.3) is 0 Å². The molecular formula is C15H22N2O. The van der Waals surface area contributed by atoms with Crippen molar-refractivity contribution < 1.29 is 5.11 Å². The molecule has 0 saturated heterocycles. The van der Waals surface area contributed by atoms with Gasteiger partial charge in [0.1, 0.15) is 5.82 Å². The summed E-state index contributed by atoms with van der Waals surface area (Å²) in [6, 6.07) is 4.27. The number of hydrogen-bond donors (Lipinski definition) is 2. The second-order valence-corrected chi connectivity index (χ2v) is 5.94. The van der Waals surface area contributed by atoms with Crippen LogP contribution in [-0.2, 0) is 6.61 Å². The number of nitrogens with zero attached hydrogens (tertiary/aromatic N) is 1. The highest BCUT2D eigenvalue weighted by Gasteiger charge is 2.41. The van der Waals surface area contributed by atoms with Gasteiger partial charge in [0, 0.05) is 17.8 Å². The molecule has 2 N–H and O–H groups in total. The Morgan fingerprint density at radius 2 is 2.33 bits per heavy atom. The maximum Gasteiger partial charge on any atom is 0.131 e. The fourth-order valence-corrected chi connectivity index (χ4v) is 3.93. The summed E-state index contributed by atoms with van der Waals surface area (Å²) in [5.74, 6) is 3.54. The van der Waals surface area contributed by atoms with E-state index in [1.807, 2.05) is 12.1 Å². The molecule has 3 heteroatoms. The number of anilines is 1. The zero-order valence-electron chi connectivity index (χ0n) is 11.0. The van der Waals surface area contributed by atoms with Gasteiger partial charge in [-0.25, -0.2) is 4.98 Å². The van der Waals surface area contributed by atoms with Crippen LogP contribution < -0.4 is 5.32 Å². The van der Waals surface area contributed by atoms with Gasteiger partial charge in [0.05, 0.1) is 6.61 Å². The standard InChI is InChI=1S/C15H22N2O/c1-10(14-8-11-4-5-12(14)7-11)17-15-13(9-18)3-2-6-16-15/h2-3,6,10-12,14,18H,4-5,7-9H2,1H3,(H,16,17). The number of aromatic nitrogens is 1. The summed E-state index contributed by atoms with van der Waals surface area (Å²) < 4.78 is 0. The number of aliphatic hydroxyl groups is 1. The van der Waals surface area contributed by atoms with Crippen molar-refractivity contribution in [2.75, 3.05) is 5.32 Å². The Bertz CT molecular complexity index is 421. The van der Waals surface area contributed by atoms with Gasteiger partial charge >= 0.3 is 0 Å². The second kappa shape index (κ2) is 4.88. The molecule has 4 unspecified atom stereocenters. The first kappa shape index (κ1) is 12.0.